The summed E-state index contributed by atoms with van der Waals surface area (Å²) in [6.45, 7) is 2.45. The Labute approximate surface area is 233 Å². The van der Waals surface area contributed by atoms with Crippen LogP contribution in [0.15, 0.2) is 103 Å². The fourth-order valence-corrected chi connectivity index (χ4v) is 4.73. The molecule has 8 heteroatoms. The van der Waals surface area contributed by atoms with Gasteiger partial charge in [-0.2, -0.15) is 0 Å². The van der Waals surface area contributed by atoms with Crippen molar-refractivity contribution in [3.8, 4) is 5.75 Å². The van der Waals surface area contributed by atoms with Gasteiger partial charge in [-0.15, -0.1) is 5.10 Å². The Kier molecular flexibility index (Phi) is 8.15. The number of carbonyl (C=O) groups is 2. The lowest BCUT2D eigenvalue weighted by Crippen LogP contribution is -2.44. The molecule has 202 valence electrons. The molecule has 1 heterocycles. The van der Waals surface area contributed by atoms with E-state index >= 15 is 0 Å². The fourth-order valence-electron chi connectivity index (χ4n) is 4.73. The van der Waals surface area contributed by atoms with Gasteiger partial charge in [0, 0.05) is 13.1 Å². The number of aryl methyl sites for hydroxylation is 1. The minimum atomic E-state index is -0.866. The Morgan fingerprint density at radius 1 is 0.875 bits per heavy atom. The number of para-hydroxylation sites is 1. The normalized spacial score (nSPS) is 11.7. The minimum Gasteiger partial charge on any atom is -0.497 e. The molecule has 0 spiro atoms. The maximum absolute atomic E-state index is 14.1. The van der Waals surface area contributed by atoms with Crippen LogP contribution >= 0.6 is 0 Å². The molecule has 0 aliphatic heterocycles. The largest absolute Gasteiger partial charge is 0.497 e. The lowest BCUT2D eigenvalue weighted by molar-refractivity contribution is -0.142. The first kappa shape index (κ1) is 26.6. The van der Waals surface area contributed by atoms with Crippen molar-refractivity contribution >= 4 is 22.8 Å². The van der Waals surface area contributed by atoms with E-state index in [0.717, 1.165) is 27.8 Å². The molecule has 1 N–H and O–H groups in total. The number of aromatic nitrogens is 3. The van der Waals surface area contributed by atoms with E-state index in [4.69, 9.17) is 4.74 Å². The quantitative estimate of drug-likeness (QED) is 0.278. The molecular formula is C32H31N5O3. The molecule has 0 saturated heterocycles. The summed E-state index contributed by atoms with van der Waals surface area (Å²) in [5.74, 6) is 0.199. The second kappa shape index (κ2) is 12.3. The van der Waals surface area contributed by atoms with Crippen LogP contribution in [0.25, 0.3) is 11.0 Å². The molecule has 8 nitrogen and oxygen atoms in total. The number of ether oxygens (including phenoxy) is 1. The second-order valence-corrected chi connectivity index (χ2v) is 9.57. The maximum Gasteiger partial charge on any atom is 0.247 e. The molecule has 0 unspecified atom stereocenters. The lowest BCUT2D eigenvalue weighted by Gasteiger charge is -2.32. The van der Waals surface area contributed by atoms with Crippen LogP contribution in [0.1, 0.15) is 28.3 Å². The van der Waals surface area contributed by atoms with E-state index in [0.29, 0.717) is 17.8 Å². The zero-order valence-electron chi connectivity index (χ0n) is 22.5. The van der Waals surface area contributed by atoms with E-state index in [1.165, 1.54) is 0 Å². The molecule has 2 amide bonds. The van der Waals surface area contributed by atoms with Crippen LogP contribution in [0.5, 0.6) is 5.75 Å². The van der Waals surface area contributed by atoms with Crippen molar-refractivity contribution in [2.24, 2.45) is 0 Å². The Morgan fingerprint density at radius 3 is 2.33 bits per heavy atom. The van der Waals surface area contributed by atoms with Crippen molar-refractivity contribution in [3.05, 3.63) is 125 Å². The third kappa shape index (κ3) is 6.02. The van der Waals surface area contributed by atoms with Crippen molar-refractivity contribution in [2.75, 3.05) is 7.11 Å². The monoisotopic (exact) mass is 533 g/mol. The van der Waals surface area contributed by atoms with Crippen LogP contribution in [0.2, 0.25) is 0 Å². The molecule has 5 aromatic rings. The van der Waals surface area contributed by atoms with Gasteiger partial charge in [0.25, 0.3) is 0 Å². The standard InChI is InChI=1S/C32H31N5O3/c1-23-10-6-7-13-27(23)31(32(39)33-20-24-11-4-3-5-12-24)36(21-25-16-18-26(40-2)19-17-25)30(38)22-37-29-15-9-8-14-28(29)34-35-37/h3-19,31H,20-22H2,1-2H3,(H,33,39)/t31-/m1/s1. The predicted molar refractivity (Wildman–Crippen MR) is 153 cm³/mol. The van der Waals surface area contributed by atoms with Gasteiger partial charge in [-0.3, -0.25) is 9.59 Å². The van der Waals surface area contributed by atoms with Gasteiger partial charge in [-0.1, -0.05) is 84.1 Å². The summed E-state index contributed by atoms with van der Waals surface area (Å²) in [5, 5.41) is 11.5. The van der Waals surface area contributed by atoms with Crippen LogP contribution < -0.4 is 10.1 Å². The molecule has 0 radical (unpaired) electrons. The highest BCUT2D eigenvalue weighted by atomic mass is 16.5. The topological polar surface area (TPSA) is 89.3 Å². The van der Waals surface area contributed by atoms with Gasteiger partial charge in [-0.25, -0.2) is 4.68 Å². The first-order valence-electron chi connectivity index (χ1n) is 13.1. The Bertz CT molecular complexity index is 1600. The third-order valence-corrected chi connectivity index (χ3v) is 6.89. The van der Waals surface area contributed by atoms with Crippen molar-refractivity contribution in [1.29, 1.82) is 0 Å². The van der Waals surface area contributed by atoms with Crippen LogP contribution in [0.4, 0.5) is 0 Å². The molecule has 4 aromatic carbocycles. The Morgan fingerprint density at radius 2 is 1.57 bits per heavy atom. The second-order valence-electron chi connectivity index (χ2n) is 9.57. The average Bonchev–Trinajstić information content (AvgIpc) is 3.40. The van der Waals surface area contributed by atoms with Crippen LogP contribution in [-0.4, -0.2) is 38.8 Å². The van der Waals surface area contributed by atoms with Gasteiger partial charge < -0.3 is 15.0 Å². The summed E-state index contributed by atoms with van der Waals surface area (Å²) in [5.41, 5.74) is 4.97. The van der Waals surface area contributed by atoms with E-state index in [2.05, 4.69) is 15.6 Å². The summed E-state index contributed by atoms with van der Waals surface area (Å²) in [4.78, 5) is 29.7. The third-order valence-electron chi connectivity index (χ3n) is 6.89. The van der Waals surface area contributed by atoms with E-state index in [1.807, 2.05) is 110 Å². The number of fused-ring (bicyclic) bond motifs is 1. The van der Waals surface area contributed by atoms with Gasteiger partial charge >= 0.3 is 0 Å². The Hall–Kier alpha value is -4.98. The van der Waals surface area contributed by atoms with Crippen LogP contribution in [-0.2, 0) is 29.2 Å². The number of hydrogen-bond donors (Lipinski definition) is 1. The number of hydrogen-bond acceptors (Lipinski definition) is 5. The van der Waals surface area contributed by atoms with Gasteiger partial charge in [0.05, 0.1) is 12.6 Å². The highest BCUT2D eigenvalue weighted by Crippen LogP contribution is 2.28. The van der Waals surface area contributed by atoms with Crippen molar-refractivity contribution in [2.45, 2.75) is 32.6 Å². The lowest BCUT2D eigenvalue weighted by atomic mass is 9.98. The predicted octanol–water partition coefficient (Wildman–Crippen LogP) is 4.83. The molecule has 1 atom stereocenters. The smallest absolute Gasteiger partial charge is 0.247 e. The van der Waals surface area contributed by atoms with Crippen LogP contribution in [0.3, 0.4) is 0 Å². The molecular weight excluding hydrogens is 502 g/mol. The average molecular weight is 534 g/mol. The summed E-state index contributed by atoms with van der Waals surface area (Å²) in [7, 11) is 1.61. The van der Waals surface area contributed by atoms with Gasteiger partial charge in [-0.05, 0) is 53.4 Å². The van der Waals surface area contributed by atoms with Gasteiger partial charge in [0.1, 0.15) is 23.9 Å². The summed E-state index contributed by atoms with van der Waals surface area (Å²) >= 11 is 0. The molecule has 40 heavy (non-hydrogen) atoms. The van der Waals surface area contributed by atoms with Gasteiger partial charge in [0.2, 0.25) is 11.8 Å². The number of carbonyl (C=O) groups excluding carboxylic acids is 2. The zero-order chi connectivity index (χ0) is 27.9. The number of amides is 2. The highest BCUT2D eigenvalue weighted by Gasteiger charge is 2.33. The Balaban J connectivity index is 1.52. The molecule has 0 aliphatic carbocycles. The van der Waals surface area contributed by atoms with E-state index < -0.39 is 6.04 Å². The molecule has 0 saturated carbocycles. The molecule has 0 fully saturated rings. The molecule has 5 rings (SSSR count). The zero-order valence-corrected chi connectivity index (χ0v) is 22.5. The van der Waals surface area contributed by atoms with Crippen LogP contribution in [0, 0.1) is 6.92 Å². The van der Waals surface area contributed by atoms with E-state index in [9.17, 15) is 9.59 Å². The number of benzene rings is 4. The summed E-state index contributed by atoms with van der Waals surface area (Å²) in [6.07, 6.45) is 0. The van der Waals surface area contributed by atoms with E-state index in [1.54, 1.807) is 16.7 Å². The maximum atomic E-state index is 14.1. The van der Waals surface area contributed by atoms with Crippen molar-refractivity contribution in [3.63, 3.8) is 0 Å². The number of rotatable bonds is 10. The number of nitrogens with one attached hydrogen (secondary N) is 1. The van der Waals surface area contributed by atoms with Gasteiger partial charge in [0.15, 0.2) is 0 Å². The SMILES string of the molecule is COc1ccc(CN(C(=O)Cn2nnc3ccccc32)[C@@H](C(=O)NCc2ccccc2)c2ccccc2C)cc1. The molecule has 0 aliphatic rings. The summed E-state index contributed by atoms with van der Waals surface area (Å²) < 4.78 is 6.89. The first-order valence-corrected chi connectivity index (χ1v) is 13.1. The minimum absolute atomic E-state index is 0.0645. The molecule has 1 aromatic heterocycles. The number of methoxy groups -OCH3 is 1. The van der Waals surface area contributed by atoms with Crippen molar-refractivity contribution < 1.29 is 14.3 Å². The van der Waals surface area contributed by atoms with E-state index in [-0.39, 0.29) is 24.9 Å². The highest BCUT2D eigenvalue weighted by molar-refractivity contribution is 5.89. The molecule has 0 bridgehead atoms. The number of nitrogens with zero attached hydrogens (tertiary/aromatic N) is 4. The summed E-state index contributed by atoms with van der Waals surface area (Å²) in [6, 6.07) is 31.5. The van der Waals surface area contributed by atoms with Crippen molar-refractivity contribution in [1.82, 2.24) is 25.2 Å². The fraction of sp³-hybridized carbons (Fsp3) is 0.188. The first-order chi connectivity index (χ1) is 19.5.